The van der Waals surface area contributed by atoms with Crippen molar-refractivity contribution < 1.29 is 27.8 Å². The predicted molar refractivity (Wildman–Crippen MR) is 116 cm³/mol. The Hall–Kier alpha value is -2.87. The Kier molecular flexibility index (Phi) is 8.67. The van der Waals surface area contributed by atoms with Crippen LogP contribution in [0.3, 0.4) is 0 Å². The molecule has 0 spiro atoms. The van der Waals surface area contributed by atoms with Crippen LogP contribution in [0.25, 0.3) is 0 Å². The third-order valence-corrected chi connectivity index (χ3v) is 5.39. The van der Waals surface area contributed by atoms with Crippen LogP contribution in [0.1, 0.15) is 37.7 Å². The normalized spacial score (nSPS) is 18.1. The zero-order valence-electron chi connectivity index (χ0n) is 17.4. The molecular formula is C23H25ClF2N2O4. The standard InChI is InChI=1S/C23H25ClF2N2O4/c24-16-3-11-20(12-4-16)32-14-22(30)28-18-7-5-17(6-8-18)27-21(29)13-31-19-9-1-15(2-10-19)23(25)26/h1-4,9-12,17-18,23H,5-8,13-14H2,(H,27,29)(H,28,30). The fourth-order valence-electron chi connectivity index (χ4n) is 3.46. The molecule has 0 radical (unpaired) electrons. The SMILES string of the molecule is O=C(COc1ccc(Cl)cc1)NC1CCC(NC(=O)COc2ccc(C(F)F)cc2)CC1. The molecule has 0 aromatic heterocycles. The summed E-state index contributed by atoms with van der Waals surface area (Å²) in [5.74, 6) is 0.463. The Bertz CT molecular complexity index is 886. The summed E-state index contributed by atoms with van der Waals surface area (Å²) in [4.78, 5) is 24.2. The molecule has 32 heavy (non-hydrogen) atoms. The Morgan fingerprint density at radius 3 is 1.62 bits per heavy atom. The van der Waals surface area contributed by atoms with E-state index >= 15 is 0 Å². The minimum atomic E-state index is -2.54. The average Bonchev–Trinajstić information content (AvgIpc) is 2.79. The van der Waals surface area contributed by atoms with Crippen LogP contribution in [0, 0.1) is 0 Å². The van der Waals surface area contributed by atoms with Crippen molar-refractivity contribution in [3.8, 4) is 11.5 Å². The number of hydrogen-bond acceptors (Lipinski definition) is 4. The predicted octanol–water partition coefficient (Wildman–Crippen LogP) is 4.28. The highest BCUT2D eigenvalue weighted by Crippen LogP contribution is 2.22. The number of ether oxygens (including phenoxy) is 2. The molecule has 6 nitrogen and oxygen atoms in total. The Labute approximate surface area is 190 Å². The van der Waals surface area contributed by atoms with Gasteiger partial charge >= 0.3 is 0 Å². The smallest absolute Gasteiger partial charge is 0.263 e. The largest absolute Gasteiger partial charge is 0.484 e. The number of carbonyl (C=O) groups excluding carboxylic acids is 2. The number of amides is 2. The lowest BCUT2D eigenvalue weighted by atomic mass is 9.91. The minimum absolute atomic E-state index is 0.00535. The van der Waals surface area contributed by atoms with Gasteiger partial charge in [0.15, 0.2) is 13.2 Å². The van der Waals surface area contributed by atoms with Crippen molar-refractivity contribution in [2.45, 2.75) is 44.2 Å². The lowest BCUT2D eigenvalue weighted by molar-refractivity contribution is -0.125. The van der Waals surface area contributed by atoms with Gasteiger partial charge in [-0.2, -0.15) is 0 Å². The number of carbonyl (C=O) groups is 2. The number of hydrogen-bond donors (Lipinski definition) is 2. The monoisotopic (exact) mass is 466 g/mol. The molecule has 2 aromatic rings. The molecule has 0 heterocycles. The zero-order valence-corrected chi connectivity index (χ0v) is 18.1. The van der Waals surface area contributed by atoms with Gasteiger partial charge in [0.2, 0.25) is 0 Å². The average molecular weight is 467 g/mol. The lowest BCUT2D eigenvalue weighted by Crippen LogP contribution is -2.45. The maximum Gasteiger partial charge on any atom is 0.263 e. The molecule has 172 valence electrons. The summed E-state index contributed by atoms with van der Waals surface area (Å²) in [7, 11) is 0. The van der Waals surface area contributed by atoms with E-state index in [0.717, 1.165) is 25.7 Å². The highest BCUT2D eigenvalue weighted by atomic mass is 35.5. The van der Waals surface area contributed by atoms with Crippen LogP contribution in [0.4, 0.5) is 8.78 Å². The fourth-order valence-corrected chi connectivity index (χ4v) is 3.58. The number of halogens is 3. The molecule has 0 saturated heterocycles. The van der Waals surface area contributed by atoms with Gasteiger partial charge in [-0.3, -0.25) is 9.59 Å². The van der Waals surface area contributed by atoms with Crippen LogP contribution in [-0.2, 0) is 9.59 Å². The van der Waals surface area contributed by atoms with Crippen LogP contribution in [-0.4, -0.2) is 37.1 Å². The molecule has 1 aliphatic carbocycles. The summed E-state index contributed by atoms with van der Waals surface area (Å²) in [5.41, 5.74) is -0.0952. The Morgan fingerprint density at radius 2 is 1.22 bits per heavy atom. The molecule has 1 aliphatic rings. The van der Waals surface area contributed by atoms with E-state index in [1.165, 1.54) is 24.3 Å². The van der Waals surface area contributed by atoms with Crippen LogP contribution >= 0.6 is 11.6 Å². The quantitative estimate of drug-likeness (QED) is 0.578. The third-order valence-electron chi connectivity index (χ3n) is 5.14. The Morgan fingerprint density at radius 1 is 0.812 bits per heavy atom. The van der Waals surface area contributed by atoms with E-state index in [9.17, 15) is 18.4 Å². The van der Waals surface area contributed by atoms with Gasteiger partial charge in [0.05, 0.1) is 0 Å². The van der Waals surface area contributed by atoms with Gasteiger partial charge in [-0.15, -0.1) is 0 Å². The molecule has 0 aliphatic heterocycles. The van der Waals surface area contributed by atoms with Crippen molar-refractivity contribution >= 4 is 23.4 Å². The summed E-state index contributed by atoms with van der Waals surface area (Å²) >= 11 is 5.82. The first-order valence-corrected chi connectivity index (χ1v) is 10.7. The Balaban J connectivity index is 1.31. The van der Waals surface area contributed by atoms with Crippen LogP contribution in [0.5, 0.6) is 11.5 Å². The van der Waals surface area contributed by atoms with Crippen molar-refractivity contribution in [2.75, 3.05) is 13.2 Å². The summed E-state index contributed by atoms with van der Waals surface area (Å²) in [6.45, 7) is -0.263. The van der Waals surface area contributed by atoms with Crippen LogP contribution < -0.4 is 20.1 Å². The van der Waals surface area contributed by atoms with Crippen molar-refractivity contribution in [1.29, 1.82) is 0 Å². The van der Waals surface area contributed by atoms with Gasteiger partial charge in [0, 0.05) is 22.7 Å². The summed E-state index contributed by atoms with van der Waals surface area (Å²) < 4.78 is 35.9. The first-order valence-electron chi connectivity index (χ1n) is 10.4. The van der Waals surface area contributed by atoms with E-state index in [4.69, 9.17) is 21.1 Å². The summed E-state index contributed by atoms with van der Waals surface area (Å²) in [5, 5.41) is 6.46. The molecule has 0 unspecified atom stereocenters. The molecule has 3 rings (SSSR count). The van der Waals surface area contributed by atoms with Crippen molar-refractivity contribution in [3.05, 3.63) is 59.1 Å². The fraction of sp³-hybridized carbons (Fsp3) is 0.391. The van der Waals surface area contributed by atoms with E-state index in [1.807, 2.05) is 0 Å². The van der Waals surface area contributed by atoms with E-state index in [2.05, 4.69) is 10.6 Å². The molecule has 0 bridgehead atoms. The third kappa shape index (κ3) is 7.67. The lowest BCUT2D eigenvalue weighted by Gasteiger charge is -2.29. The van der Waals surface area contributed by atoms with Crippen molar-refractivity contribution in [3.63, 3.8) is 0 Å². The second kappa shape index (κ2) is 11.7. The summed E-state index contributed by atoms with van der Waals surface area (Å²) in [6, 6.07) is 12.2. The highest BCUT2D eigenvalue weighted by molar-refractivity contribution is 6.30. The first kappa shape index (κ1) is 23.8. The highest BCUT2D eigenvalue weighted by Gasteiger charge is 2.23. The molecule has 2 amide bonds. The molecule has 1 saturated carbocycles. The van der Waals surface area contributed by atoms with Crippen LogP contribution in [0.15, 0.2) is 48.5 Å². The zero-order chi connectivity index (χ0) is 22.9. The van der Waals surface area contributed by atoms with Gasteiger partial charge in [0.1, 0.15) is 11.5 Å². The second-order valence-electron chi connectivity index (χ2n) is 7.58. The van der Waals surface area contributed by atoms with Crippen LogP contribution in [0.2, 0.25) is 5.02 Å². The van der Waals surface area contributed by atoms with Crippen molar-refractivity contribution in [1.82, 2.24) is 10.6 Å². The second-order valence-corrected chi connectivity index (χ2v) is 8.02. The van der Waals surface area contributed by atoms with E-state index in [1.54, 1.807) is 24.3 Å². The molecule has 2 N–H and O–H groups in total. The number of rotatable bonds is 9. The molecule has 9 heteroatoms. The van der Waals surface area contributed by atoms with E-state index < -0.39 is 6.43 Å². The number of benzene rings is 2. The number of alkyl halides is 2. The van der Waals surface area contributed by atoms with E-state index in [-0.39, 0.29) is 42.7 Å². The van der Waals surface area contributed by atoms with Gasteiger partial charge in [-0.25, -0.2) is 8.78 Å². The topological polar surface area (TPSA) is 76.7 Å². The van der Waals surface area contributed by atoms with Gasteiger partial charge in [-0.1, -0.05) is 11.6 Å². The maximum atomic E-state index is 12.6. The van der Waals surface area contributed by atoms with Crippen molar-refractivity contribution in [2.24, 2.45) is 0 Å². The molecular weight excluding hydrogens is 442 g/mol. The van der Waals surface area contributed by atoms with Gasteiger partial charge in [-0.05, 0) is 74.2 Å². The van der Waals surface area contributed by atoms with Gasteiger partial charge in [0.25, 0.3) is 18.2 Å². The molecule has 0 atom stereocenters. The minimum Gasteiger partial charge on any atom is -0.484 e. The molecule has 1 fully saturated rings. The molecule has 2 aromatic carbocycles. The maximum absolute atomic E-state index is 12.6. The van der Waals surface area contributed by atoms with Gasteiger partial charge < -0.3 is 20.1 Å². The first-order chi connectivity index (χ1) is 15.4. The van der Waals surface area contributed by atoms with E-state index in [0.29, 0.717) is 16.5 Å². The summed E-state index contributed by atoms with van der Waals surface area (Å²) in [6.07, 6.45) is 0.417. The number of nitrogens with one attached hydrogen (secondary N) is 2.